The van der Waals surface area contributed by atoms with Gasteiger partial charge in [0.05, 0.1) is 11.0 Å². The van der Waals surface area contributed by atoms with E-state index in [1.54, 1.807) is 0 Å². The van der Waals surface area contributed by atoms with Crippen LogP contribution in [-0.2, 0) is 0 Å². The lowest BCUT2D eigenvalue weighted by Gasteiger charge is -2.09. The van der Waals surface area contributed by atoms with Gasteiger partial charge in [-0.05, 0) is 53.4 Å². The van der Waals surface area contributed by atoms with Crippen LogP contribution in [0.4, 0.5) is 0 Å². The van der Waals surface area contributed by atoms with Crippen molar-refractivity contribution < 1.29 is 0 Å². The molecule has 0 bridgehead atoms. The number of benzene rings is 5. The molecule has 0 saturated carbocycles. The average Bonchev–Trinajstić information content (AvgIpc) is 3.31. The van der Waals surface area contributed by atoms with E-state index in [2.05, 4.69) is 94.5 Å². The Labute approximate surface area is 220 Å². The zero-order chi connectivity index (χ0) is 25.5. The second-order valence-corrected chi connectivity index (χ2v) is 9.40. The maximum atomic E-state index is 4.95. The number of nitrogens with zero attached hydrogens (tertiary/aromatic N) is 4. The minimum Gasteiger partial charge on any atom is -0.278 e. The first-order chi connectivity index (χ1) is 18.7. The van der Waals surface area contributed by atoms with Crippen LogP contribution in [0.15, 0.2) is 127 Å². The second-order valence-electron chi connectivity index (χ2n) is 9.40. The molecule has 7 aromatic rings. The van der Waals surface area contributed by atoms with Gasteiger partial charge in [0.15, 0.2) is 5.82 Å². The van der Waals surface area contributed by atoms with Crippen LogP contribution in [0.1, 0.15) is 5.82 Å². The summed E-state index contributed by atoms with van der Waals surface area (Å²) in [5.74, 6) is 1.98. The third kappa shape index (κ3) is 3.84. The Kier molecular flexibility index (Phi) is 5.30. The molecule has 7 rings (SSSR count). The molecule has 4 heteroatoms. The number of fused-ring (bicyclic) bond motifs is 3. The summed E-state index contributed by atoms with van der Waals surface area (Å²) in [5.41, 5.74) is 7.84. The monoisotopic (exact) mass is 488 g/mol. The summed E-state index contributed by atoms with van der Waals surface area (Å²) in [7, 11) is 0. The maximum absolute atomic E-state index is 4.95. The van der Waals surface area contributed by atoms with Crippen LogP contribution in [0.2, 0.25) is 0 Å². The van der Waals surface area contributed by atoms with Crippen LogP contribution in [0.3, 0.4) is 0 Å². The molecule has 0 saturated heterocycles. The highest BCUT2D eigenvalue weighted by Gasteiger charge is 2.17. The van der Waals surface area contributed by atoms with Gasteiger partial charge >= 0.3 is 0 Å². The highest BCUT2D eigenvalue weighted by atomic mass is 15.2. The van der Waals surface area contributed by atoms with Gasteiger partial charge in [-0.2, -0.15) is 9.97 Å². The molecule has 0 amide bonds. The van der Waals surface area contributed by atoms with Gasteiger partial charge < -0.3 is 0 Å². The quantitative estimate of drug-likeness (QED) is 0.250. The average molecular weight is 489 g/mol. The van der Waals surface area contributed by atoms with E-state index < -0.39 is 0 Å². The van der Waals surface area contributed by atoms with Crippen molar-refractivity contribution in [3.63, 3.8) is 0 Å². The highest BCUT2D eigenvalue weighted by Crippen LogP contribution is 2.36. The van der Waals surface area contributed by atoms with Crippen LogP contribution in [0.5, 0.6) is 0 Å². The van der Waals surface area contributed by atoms with E-state index in [4.69, 9.17) is 9.97 Å². The molecule has 0 N–H and O–H groups in total. The predicted molar refractivity (Wildman–Crippen MR) is 155 cm³/mol. The Bertz CT molecular complexity index is 1810. The zero-order valence-corrected chi connectivity index (χ0v) is 20.9. The van der Waals surface area contributed by atoms with Crippen LogP contribution in [0, 0.1) is 6.92 Å². The first kappa shape index (κ1) is 22.1. The van der Waals surface area contributed by atoms with E-state index in [9.17, 15) is 0 Å². The molecule has 0 radical (unpaired) electrons. The van der Waals surface area contributed by atoms with Crippen molar-refractivity contribution in [2.24, 2.45) is 0 Å². The van der Waals surface area contributed by atoms with Crippen LogP contribution in [0.25, 0.3) is 61.4 Å². The summed E-state index contributed by atoms with van der Waals surface area (Å²) in [6, 6.07) is 44.4. The predicted octanol–water partition coefficient (Wildman–Crippen LogP) is 8.28. The first-order valence-corrected chi connectivity index (χ1v) is 12.7. The minimum absolute atomic E-state index is 0.622. The van der Waals surface area contributed by atoms with Gasteiger partial charge in [0, 0.05) is 16.3 Å². The Morgan fingerprint density at radius 2 is 0.921 bits per heavy atom. The van der Waals surface area contributed by atoms with Crippen molar-refractivity contribution in [3.05, 3.63) is 133 Å². The van der Waals surface area contributed by atoms with Crippen LogP contribution < -0.4 is 0 Å². The number of aromatic nitrogens is 4. The van der Waals surface area contributed by atoms with Crippen molar-refractivity contribution in [3.8, 4) is 39.6 Å². The molecule has 180 valence electrons. The second kappa shape index (κ2) is 9.09. The largest absolute Gasteiger partial charge is 0.278 e. The number of hydrogen-bond acceptors (Lipinski definition) is 3. The molecule has 0 aliphatic carbocycles. The molecule has 0 spiro atoms. The summed E-state index contributed by atoms with van der Waals surface area (Å²) >= 11 is 0. The van der Waals surface area contributed by atoms with Crippen molar-refractivity contribution >= 4 is 21.8 Å². The SMILES string of the molecule is Cc1nc(-c2ccccc2)nc(-n2c3ccc(-c4ccccc4)cc3c3cc(-c4ccccc4)ccc32)n1. The van der Waals surface area contributed by atoms with E-state index in [0.717, 1.165) is 16.6 Å². The number of rotatable bonds is 4. The van der Waals surface area contributed by atoms with Gasteiger partial charge in [-0.1, -0.05) is 103 Å². The summed E-state index contributed by atoms with van der Waals surface area (Å²) < 4.78 is 2.16. The molecule has 0 unspecified atom stereocenters. The van der Waals surface area contributed by atoms with Crippen molar-refractivity contribution in [2.45, 2.75) is 6.92 Å². The van der Waals surface area contributed by atoms with Gasteiger partial charge in [0.1, 0.15) is 5.82 Å². The molecular formula is C34H24N4. The molecule has 0 atom stereocenters. The normalized spacial score (nSPS) is 11.3. The van der Waals surface area contributed by atoms with Gasteiger partial charge in [-0.15, -0.1) is 0 Å². The molecular weight excluding hydrogens is 464 g/mol. The van der Waals surface area contributed by atoms with Crippen molar-refractivity contribution in [2.75, 3.05) is 0 Å². The van der Waals surface area contributed by atoms with Crippen LogP contribution in [-0.4, -0.2) is 19.5 Å². The molecule has 5 aromatic carbocycles. The van der Waals surface area contributed by atoms with E-state index in [1.165, 1.54) is 33.0 Å². The fourth-order valence-electron chi connectivity index (χ4n) is 5.14. The lowest BCUT2D eigenvalue weighted by Crippen LogP contribution is -2.06. The van der Waals surface area contributed by atoms with E-state index >= 15 is 0 Å². The molecule has 2 aromatic heterocycles. The van der Waals surface area contributed by atoms with E-state index in [0.29, 0.717) is 17.6 Å². The molecule has 0 aliphatic heterocycles. The van der Waals surface area contributed by atoms with Gasteiger partial charge in [0.25, 0.3) is 0 Å². The number of hydrogen-bond donors (Lipinski definition) is 0. The zero-order valence-electron chi connectivity index (χ0n) is 20.9. The van der Waals surface area contributed by atoms with Gasteiger partial charge in [-0.3, -0.25) is 4.57 Å². The van der Waals surface area contributed by atoms with Crippen molar-refractivity contribution in [1.82, 2.24) is 19.5 Å². The lowest BCUT2D eigenvalue weighted by atomic mass is 10.0. The number of aryl methyl sites for hydroxylation is 1. The van der Waals surface area contributed by atoms with Gasteiger partial charge in [-0.25, -0.2) is 4.98 Å². The maximum Gasteiger partial charge on any atom is 0.238 e. The molecule has 4 nitrogen and oxygen atoms in total. The Hall–Kier alpha value is -5.09. The Balaban J connectivity index is 1.51. The summed E-state index contributed by atoms with van der Waals surface area (Å²) in [4.78, 5) is 14.4. The third-order valence-corrected chi connectivity index (χ3v) is 6.95. The lowest BCUT2D eigenvalue weighted by molar-refractivity contribution is 0.907. The Morgan fingerprint density at radius 1 is 0.447 bits per heavy atom. The Morgan fingerprint density at radius 3 is 1.42 bits per heavy atom. The van der Waals surface area contributed by atoms with Gasteiger partial charge in [0.2, 0.25) is 5.95 Å². The topological polar surface area (TPSA) is 43.6 Å². The fraction of sp³-hybridized carbons (Fsp3) is 0.0294. The first-order valence-electron chi connectivity index (χ1n) is 12.7. The fourth-order valence-corrected chi connectivity index (χ4v) is 5.14. The summed E-state index contributed by atoms with van der Waals surface area (Å²) in [5, 5.41) is 2.33. The van der Waals surface area contributed by atoms with E-state index in [1.807, 2.05) is 49.4 Å². The van der Waals surface area contributed by atoms with Crippen molar-refractivity contribution in [1.29, 1.82) is 0 Å². The highest BCUT2D eigenvalue weighted by molar-refractivity contribution is 6.11. The van der Waals surface area contributed by atoms with E-state index in [-0.39, 0.29) is 0 Å². The summed E-state index contributed by atoms with van der Waals surface area (Å²) in [6.45, 7) is 1.92. The third-order valence-electron chi connectivity index (χ3n) is 6.95. The molecule has 0 aliphatic rings. The molecule has 2 heterocycles. The minimum atomic E-state index is 0.622. The standard InChI is InChI=1S/C34H24N4/c1-23-35-33(26-15-9-4-10-16-26)37-34(36-23)38-31-19-17-27(24-11-5-2-6-12-24)21-29(31)30-22-28(18-20-32(30)38)25-13-7-3-8-14-25/h2-22H,1H3. The summed E-state index contributed by atoms with van der Waals surface area (Å²) in [6.07, 6.45) is 0. The smallest absolute Gasteiger partial charge is 0.238 e. The molecule has 38 heavy (non-hydrogen) atoms. The van der Waals surface area contributed by atoms with Crippen LogP contribution >= 0.6 is 0 Å². The molecule has 0 fully saturated rings.